The third-order valence-corrected chi connectivity index (χ3v) is 6.54. The van der Waals surface area contributed by atoms with Crippen LogP contribution in [-0.2, 0) is 4.79 Å². The van der Waals surface area contributed by atoms with E-state index >= 15 is 0 Å². The van der Waals surface area contributed by atoms with Crippen LogP contribution < -0.4 is 4.74 Å². The van der Waals surface area contributed by atoms with Gasteiger partial charge in [-0.25, -0.2) is 0 Å². The fourth-order valence-corrected chi connectivity index (χ4v) is 4.68. The first kappa shape index (κ1) is 22.4. The maximum atomic E-state index is 13.3. The van der Waals surface area contributed by atoms with Crippen LogP contribution in [0.15, 0.2) is 40.8 Å². The van der Waals surface area contributed by atoms with E-state index in [9.17, 15) is 9.59 Å². The Hall–Kier alpha value is -2.80. The highest BCUT2D eigenvalue weighted by atomic mass is 16.5. The number of methoxy groups -OCH3 is 1. The van der Waals surface area contributed by atoms with Crippen molar-refractivity contribution < 1.29 is 18.7 Å². The molecule has 0 bridgehead atoms. The third-order valence-electron chi connectivity index (χ3n) is 6.54. The quantitative estimate of drug-likeness (QED) is 0.713. The molecule has 7 heteroatoms. The Morgan fingerprint density at radius 1 is 0.969 bits per heavy atom. The van der Waals surface area contributed by atoms with Crippen molar-refractivity contribution in [2.45, 2.75) is 38.6 Å². The molecule has 0 spiro atoms. The number of benzene rings is 1. The molecule has 2 aromatic rings. The number of furan rings is 1. The van der Waals surface area contributed by atoms with Gasteiger partial charge in [-0.3, -0.25) is 14.5 Å². The van der Waals surface area contributed by atoms with Crippen LogP contribution in [0.3, 0.4) is 0 Å². The lowest BCUT2D eigenvalue weighted by atomic mass is 10.0. The molecule has 2 saturated heterocycles. The van der Waals surface area contributed by atoms with Crippen molar-refractivity contribution in [1.29, 1.82) is 0 Å². The number of likely N-dealkylation sites (tertiary alicyclic amines) is 1. The summed E-state index contributed by atoms with van der Waals surface area (Å²) >= 11 is 0. The Bertz CT molecular complexity index is 916. The van der Waals surface area contributed by atoms with Crippen molar-refractivity contribution in [2.24, 2.45) is 0 Å². The van der Waals surface area contributed by atoms with Gasteiger partial charge in [-0.05, 0) is 49.6 Å². The summed E-state index contributed by atoms with van der Waals surface area (Å²) in [6.45, 7) is 5.63. The lowest BCUT2D eigenvalue weighted by Crippen LogP contribution is -2.51. The van der Waals surface area contributed by atoms with E-state index in [-0.39, 0.29) is 17.9 Å². The van der Waals surface area contributed by atoms with Crippen LogP contribution in [0.4, 0.5) is 0 Å². The molecular weight excluding hydrogens is 406 g/mol. The zero-order valence-corrected chi connectivity index (χ0v) is 19.1. The summed E-state index contributed by atoms with van der Waals surface area (Å²) in [6.07, 6.45) is 4.32. The minimum absolute atomic E-state index is 0.0730. The van der Waals surface area contributed by atoms with E-state index in [1.165, 1.54) is 5.56 Å². The number of hydrogen-bond acceptors (Lipinski definition) is 5. The molecule has 0 radical (unpaired) electrons. The molecule has 4 rings (SSSR count). The summed E-state index contributed by atoms with van der Waals surface area (Å²) < 4.78 is 10.8. The second kappa shape index (κ2) is 10.2. The van der Waals surface area contributed by atoms with Gasteiger partial charge in [0.15, 0.2) is 5.76 Å². The summed E-state index contributed by atoms with van der Waals surface area (Å²) in [7, 11) is 1.67. The maximum absolute atomic E-state index is 13.3. The zero-order valence-electron chi connectivity index (χ0n) is 19.1. The molecule has 1 aromatic carbocycles. The van der Waals surface area contributed by atoms with Gasteiger partial charge >= 0.3 is 0 Å². The second-order valence-electron chi connectivity index (χ2n) is 8.70. The van der Waals surface area contributed by atoms with Crippen LogP contribution >= 0.6 is 0 Å². The van der Waals surface area contributed by atoms with Gasteiger partial charge in [0.05, 0.1) is 19.7 Å². The van der Waals surface area contributed by atoms with E-state index in [1.807, 2.05) is 30.0 Å². The SMILES string of the molecule is COc1ccc(C2CCCCCN2C(=O)CN2CCN(C(=O)c3ccc(C)o3)CC2)cc1. The van der Waals surface area contributed by atoms with Crippen molar-refractivity contribution in [1.82, 2.24) is 14.7 Å². The van der Waals surface area contributed by atoms with Crippen LogP contribution in [0.2, 0.25) is 0 Å². The van der Waals surface area contributed by atoms with Crippen LogP contribution in [-0.4, -0.2) is 72.9 Å². The molecule has 3 heterocycles. The number of nitrogens with zero attached hydrogens (tertiary/aromatic N) is 3. The summed E-state index contributed by atoms with van der Waals surface area (Å²) in [4.78, 5) is 32.0. The minimum atomic E-state index is -0.0730. The van der Waals surface area contributed by atoms with Crippen LogP contribution in [0.5, 0.6) is 5.75 Å². The van der Waals surface area contributed by atoms with Gasteiger partial charge in [-0.2, -0.15) is 0 Å². The molecule has 1 aromatic heterocycles. The fourth-order valence-electron chi connectivity index (χ4n) is 4.68. The normalized spacial score (nSPS) is 20.1. The number of amides is 2. The monoisotopic (exact) mass is 439 g/mol. The van der Waals surface area contributed by atoms with Crippen LogP contribution in [0.25, 0.3) is 0 Å². The van der Waals surface area contributed by atoms with E-state index in [1.54, 1.807) is 13.2 Å². The van der Waals surface area contributed by atoms with E-state index in [0.29, 0.717) is 38.5 Å². The van der Waals surface area contributed by atoms with Crippen molar-refractivity contribution in [3.63, 3.8) is 0 Å². The van der Waals surface area contributed by atoms with Crippen molar-refractivity contribution >= 4 is 11.8 Å². The number of ether oxygens (including phenoxy) is 1. The Morgan fingerprint density at radius 2 is 1.72 bits per heavy atom. The number of carbonyl (C=O) groups excluding carboxylic acids is 2. The van der Waals surface area contributed by atoms with E-state index in [2.05, 4.69) is 21.9 Å². The molecule has 32 heavy (non-hydrogen) atoms. The smallest absolute Gasteiger partial charge is 0.289 e. The highest BCUT2D eigenvalue weighted by Crippen LogP contribution is 2.31. The fraction of sp³-hybridized carbons (Fsp3) is 0.520. The first-order chi connectivity index (χ1) is 15.5. The Balaban J connectivity index is 1.36. The molecule has 0 saturated carbocycles. The molecule has 0 N–H and O–H groups in total. The second-order valence-corrected chi connectivity index (χ2v) is 8.70. The number of aryl methyl sites for hydroxylation is 1. The summed E-state index contributed by atoms with van der Waals surface area (Å²) in [6, 6.07) is 11.8. The predicted octanol–water partition coefficient (Wildman–Crippen LogP) is 3.50. The third kappa shape index (κ3) is 5.15. The molecule has 2 aliphatic heterocycles. The van der Waals surface area contributed by atoms with Gasteiger partial charge < -0.3 is 19.0 Å². The standard InChI is InChI=1S/C25H33N3O4/c1-19-7-12-23(32-19)25(30)27-16-14-26(15-17-27)18-24(29)28-13-5-3-4-6-22(28)20-8-10-21(31-2)11-9-20/h7-12,22H,3-6,13-18H2,1-2H3. The maximum Gasteiger partial charge on any atom is 0.289 e. The van der Waals surface area contributed by atoms with Crippen molar-refractivity contribution in [2.75, 3.05) is 46.4 Å². The largest absolute Gasteiger partial charge is 0.497 e. The topological polar surface area (TPSA) is 66.2 Å². The summed E-state index contributed by atoms with van der Waals surface area (Å²) in [5.74, 6) is 2.06. The summed E-state index contributed by atoms with van der Waals surface area (Å²) in [5, 5.41) is 0. The molecular formula is C25H33N3O4. The lowest BCUT2D eigenvalue weighted by molar-refractivity contribution is -0.135. The van der Waals surface area contributed by atoms with E-state index < -0.39 is 0 Å². The van der Waals surface area contributed by atoms with Crippen LogP contribution in [0, 0.1) is 6.92 Å². The van der Waals surface area contributed by atoms with Crippen LogP contribution in [0.1, 0.15) is 53.6 Å². The highest BCUT2D eigenvalue weighted by Gasteiger charge is 2.30. The van der Waals surface area contributed by atoms with Gasteiger partial charge in [0.25, 0.3) is 5.91 Å². The zero-order chi connectivity index (χ0) is 22.5. The molecule has 2 fully saturated rings. The Kier molecular flexibility index (Phi) is 7.15. The Morgan fingerprint density at radius 3 is 2.38 bits per heavy atom. The average molecular weight is 440 g/mol. The van der Waals surface area contributed by atoms with E-state index in [4.69, 9.17) is 9.15 Å². The number of carbonyl (C=O) groups is 2. The average Bonchev–Trinajstić information content (AvgIpc) is 3.10. The number of piperazine rings is 1. The summed E-state index contributed by atoms with van der Waals surface area (Å²) in [5.41, 5.74) is 1.17. The molecule has 172 valence electrons. The first-order valence-electron chi connectivity index (χ1n) is 11.6. The van der Waals surface area contributed by atoms with Crippen molar-refractivity contribution in [3.8, 4) is 5.75 Å². The van der Waals surface area contributed by atoms with Gasteiger partial charge in [0.2, 0.25) is 5.91 Å². The minimum Gasteiger partial charge on any atom is -0.497 e. The number of rotatable bonds is 5. The lowest BCUT2D eigenvalue weighted by Gasteiger charge is -2.36. The van der Waals surface area contributed by atoms with E-state index in [0.717, 1.165) is 43.7 Å². The molecule has 7 nitrogen and oxygen atoms in total. The predicted molar refractivity (Wildman–Crippen MR) is 122 cm³/mol. The van der Waals surface area contributed by atoms with Crippen molar-refractivity contribution in [3.05, 3.63) is 53.5 Å². The van der Waals surface area contributed by atoms with Gasteiger partial charge in [0.1, 0.15) is 11.5 Å². The van der Waals surface area contributed by atoms with Gasteiger partial charge in [-0.15, -0.1) is 0 Å². The molecule has 0 aliphatic carbocycles. The number of hydrogen-bond donors (Lipinski definition) is 0. The highest BCUT2D eigenvalue weighted by molar-refractivity contribution is 5.91. The van der Waals surface area contributed by atoms with Gasteiger partial charge in [0, 0.05) is 32.7 Å². The first-order valence-corrected chi connectivity index (χ1v) is 11.6. The molecule has 2 amide bonds. The molecule has 1 unspecified atom stereocenters. The van der Waals surface area contributed by atoms with Gasteiger partial charge in [-0.1, -0.05) is 25.0 Å². The molecule has 2 aliphatic rings. The Labute approximate surface area is 189 Å². The molecule has 1 atom stereocenters.